The van der Waals surface area contributed by atoms with Crippen molar-refractivity contribution >= 4 is 10.9 Å². The van der Waals surface area contributed by atoms with Crippen LogP contribution in [-0.2, 0) is 6.42 Å². The van der Waals surface area contributed by atoms with Crippen LogP contribution in [-0.4, -0.2) is 4.98 Å². The molecule has 7 unspecified atom stereocenters. The van der Waals surface area contributed by atoms with Gasteiger partial charge in [0.15, 0.2) is 5.89 Å². The van der Waals surface area contributed by atoms with E-state index in [1.54, 1.807) is 0 Å². The third-order valence-corrected chi connectivity index (χ3v) is 11.6. The number of nitrogens with zero attached hydrogens (tertiary/aromatic N) is 1. The van der Waals surface area contributed by atoms with Crippen LogP contribution in [0.5, 0.6) is 0 Å². The van der Waals surface area contributed by atoms with Crippen molar-refractivity contribution < 1.29 is 4.42 Å². The topological polar surface area (TPSA) is 43.1 Å². The van der Waals surface area contributed by atoms with Crippen LogP contribution in [0.4, 0.5) is 0 Å². The van der Waals surface area contributed by atoms with E-state index in [-0.39, 0.29) is 5.63 Å². The van der Waals surface area contributed by atoms with E-state index in [9.17, 15) is 4.79 Å². The molecule has 34 heavy (non-hydrogen) atoms. The Hall–Kier alpha value is -1.64. The van der Waals surface area contributed by atoms with Crippen LogP contribution in [0.1, 0.15) is 102 Å². The highest BCUT2D eigenvalue weighted by atomic mass is 16.4. The second-order valence-electron chi connectivity index (χ2n) is 13.0. The molecule has 0 bridgehead atoms. The largest absolute Gasteiger partial charge is 0.408 e. The summed E-state index contributed by atoms with van der Waals surface area (Å²) in [6.07, 6.45) is 17.8. The molecule has 0 N–H and O–H groups in total. The lowest BCUT2D eigenvalue weighted by atomic mass is 9.45. The van der Waals surface area contributed by atoms with Crippen LogP contribution in [0, 0.1) is 47.3 Å². The lowest BCUT2D eigenvalue weighted by Crippen LogP contribution is -2.52. The lowest BCUT2D eigenvalue weighted by molar-refractivity contribution is -0.111. The first-order valence-corrected chi connectivity index (χ1v) is 14.3. The normalized spacial score (nSPS) is 39.4. The SMILES string of the molecule is Cc1ccc2c(=O)oc(CCCC3CCC4C5CCC6CCCCC6(C)C5CCC34C)nc2c1. The molecule has 4 aliphatic rings. The number of hydrogen-bond acceptors (Lipinski definition) is 3. The summed E-state index contributed by atoms with van der Waals surface area (Å²) in [5.74, 6) is 5.36. The summed E-state index contributed by atoms with van der Waals surface area (Å²) in [4.78, 5) is 17.1. The minimum Gasteiger partial charge on any atom is -0.408 e. The summed E-state index contributed by atoms with van der Waals surface area (Å²) in [5, 5.41) is 0.596. The molecule has 4 aliphatic carbocycles. The summed E-state index contributed by atoms with van der Waals surface area (Å²) >= 11 is 0. The van der Waals surface area contributed by atoms with Crippen molar-refractivity contribution in [3.63, 3.8) is 0 Å². The van der Waals surface area contributed by atoms with Gasteiger partial charge in [-0.1, -0.05) is 32.8 Å². The maximum Gasteiger partial charge on any atom is 0.346 e. The van der Waals surface area contributed by atoms with Crippen LogP contribution in [0.15, 0.2) is 27.4 Å². The number of hydrogen-bond donors (Lipinski definition) is 0. The number of aromatic nitrogens is 1. The average Bonchev–Trinajstić information content (AvgIpc) is 3.15. The molecule has 2 aromatic rings. The van der Waals surface area contributed by atoms with E-state index >= 15 is 0 Å². The van der Waals surface area contributed by atoms with Crippen LogP contribution in [0.3, 0.4) is 0 Å². The van der Waals surface area contributed by atoms with Gasteiger partial charge in [-0.15, -0.1) is 0 Å². The van der Waals surface area contributed by atoms with Gasteiger partial charge in [0.05, 0.1) is 10.9 Å². The maximum absolute atomic E-state index is 12.4. The Balaban J connectivity index is 1.13. The smallest absolute Gasteiger partial charge is 0.346 e. The predicted octanol–water partition coefficient (Wildman–Crippen LogP) is 7.87. The lowest BCUT2D eigenvalue weighted by Gasteiger charge is -2.60. The molecule has 184 valence electrons. The van der Waals surface area contributed by atoms with Gasteiger partial charge in [0.2, 0.25) is 0 Å². The summed E-state index contributed by atoms with van der Waals surface area (Å²) in [6, 6.07) is 5.79. The molecule has 6 rings (SSSR count). The Kier molecular flexibility index (Phi) is 5.69. The maximum atomic E-state index is 12.4. The predicted molar refractivity (Wildman–Crippen MR) is 138 cm³/mol. The van der Waals surface area contributed by atoms with Gasteiger partial charge in [0.25, 0.3) is 0 Å². The summed E-state index contributed by atoms with van der Waals surface area (Å²) in [5.41, 5.74) is 2.84. The zero-order valence-electron chi connectivity index (χ0n) is 21.6. The summed E-state index contributed by atoms with van der Waals surface area (Å²) in [7, 11) is 0. The number of aryl methyl sites for hydroxylation is 2. The van der Waals surface area contributed by atoms with Gasteiger partial charge < -0.3 is 4.42 Å². The van der Waals surface area contributed by atoms with Gasteiger partial charge >= 0.3 is 5.63 Å². The van der Waals surface area contributed by atoms with Crippen molar-refractivity contribution in [3.8, 4) is 0 Å². The van der Waals surface area contributed by atoms with Crippen molar-refractivity contribution in [1.82, 2.24) is 4.98 Å². The van der Waals surface area contributed by atoms with Crippen LogP contribution in [0.25, 0.3) is 10.9 Å². The van der Waals surface area contributed by atoms with Gasteiger partial charge in [-0.2, -0.15) is 0 Å². The second-order valence-corrected chi connectivity index (χ2v) is 13.0. The molecule has 0 aliphatic heterocycles. The third kappa shape index (κ3) is 3.59. The quantitative estimate of drug-likeness (QED) is 0.465. The molecule has 0 spiro atoms. The number of fused-ring (bicyclic) bond motifs is 6. The zero-order valence-corrected chi connectivity index (χ0v) is 21.6. The van der Waals surface area contributed by atoms with Crippen molar-refractivity contribution in [1.29, 1.82) is 0 Å². The van der Waals surface area contributed by atoms with Gasteiger partial charge in [-0.3, -0.25) is 0 Å². The first-order chi connectivity index (χ1) is 16.4. The molecule has 1 aromatic heterocycles. The molecule has 0 saturated heterocycles. The molecule has 4 saturated carbocycles. The number of benzene rings is 1. The third-order valence-electron chi connectivity index (χ3n) is 11.6. The molecule has 1 aromatic carbocycles. The molecule has 7 atom stereocenters. The van der Waals surface area contributed by atoms with Gasteiger partial charge in [-0.05, 0) is 129 Å². The molecule has 4 fully saturated rings. The molecule has 1 heterocycles. The summed E-state index contributed by atoms with van der Waals surface area (Å²) < 4.78 is 5.59. The van der Waals surface area contributed by atoms with E-state index in [1.807, 2.05) is 25.1 Å². The first-order valence-electron chi connectivity index (χ1n) is 14.3. The molecular formula is C31H43NO2. The van der Waals surface area contributed by atoms with Gasteiger partial charge in [-0.25, -0.2) is 9.78 Å². The van der Waals surface area contributed by atoms with Crippen molar-refractivity contribution in [2.75, 3.05) is 0 Å². The molecule has 0 amide bonds. The van der Waals surface area contributed by atoms with Crippen molar-refractivity contribution in [2.45, 2.75) is 104 Å². The van der Waals surface area contributed by atoms with E-state index in [2.05, 4.69) is 13.8 Å². The Morgan fingerprint density at radius 3 is 2.71 bits per heavy atom. The Bertz CT molecular complexity index is 1120. The van der Waals surface area contributed by atoms with E-state index in [0.717, 1.165) is 53.5 Å². The van der Waals surface area contributed by atoms with Gasteiger partial charge in [0.1, 0.15) is 0 Å². The van der Waals surface area contributed by atoms with E-state index < -0.39 is 0 Å². The van der Waals surface area contributed by atoms with E-state index in [4.69, 9.17) is 9.40 Å². The van der Waals surface area contributed by atoms with Crippen LogP contribution < -0.4 is 5.63 Å². The Morgan fingerprint density at radius 2 is 1.82 bits per heavy atom. The number of rotatable bonds is 4. The fraction of sp³-hybridized carbons (Fsp3) is 0.742. The first kappa shape index (κ1) is 22.8. The molecule has 0 radical (unpaired) electrons. The Morgan fingerprint density at radius 1 is 0.971 bits per heavy atom. The zero-order chi connectivity index (χ0) is 23.5. The molecular weight excluding hydrogens is 418 g/mol. The Labute approximate surface area is 205 Å². The van der Waals surface area contributed by atoms with Crippen molar-refractivity contribution in [2.24, 2.45) is 40.4 Å². The highest BCUT2D eigenvalue weighted by molar-refractivity contribution is 5.77. The van der Waals surface area contributed by atoms with Crippen LogP contribution >= 0.6 is 0 Å². The summed E-state index contributed by atoms with van der Waals surface area (Å²) in [6.45, 7) is 7.38. The fourth-order valence-electron chi connectivity index (χ4n) is 9.71. The van der Waals surface area contributed by atoms with Gasteiger partial charge in [0, 0.05) is 6.42 Å². The average molecular weight is 462 g/mol. The molecule has 3 nitrogen and oxygen atoms in total. The van der Waals surface area contributed by atoms with E-state index in [0.29, 0.717) is 22.1 Å². The van der Waals surface area contributed by atoms with Crippen molar-refractivity contribution in [3.05, 3.63) is 40.1 Å². The minimum absolute atomic E-state index is 0.238. The monoisotopic (exact) mass is 461 g/mol. The standard InChI is InChI=1S/C31H43NO2/c1-20-10-13-24-27(19-20)32-28(34-29(24)33)9-6-8-22-12-15-25-23-14-11-21-7-4-5-17-30(21,2)26(23)16-18-31(22,25)3/h10,13,19,21-23,25-26H,4-9,11-12,14-18H2,1-3H3. The highest BCUT2D eigenvalue weighted by Gasteiger charge is 2.59. The van der Waals surface area contributed by atoms with Crippen LogP contribution in [0.2, 0.25) is 0 Å². The minimum atomic E-state index is -0.238. The second kappa shape index (κ2) is 8.49. The highest BCUT2D eigenvalue weighted by Crippen LogP contribution is 2.67. The van der Waals surface area contributed by atoms with E-state index in [1.165, 1.54) is 70.6 Å². The fourth-order valence-corrected chi connectivity index (χ4v) is 9.71. The molecule has 3 heteroatoms.